The second kappa shape index (κ2) is 12.1. The lowest BCUT2D eigenvalue weighted by Gasteiger charge is -2.40. The van der Waals surface area contributed by atoms with Gasteiger partial charge in [-0.15, -0.1) is 0 Å². The molecule has 1 saturated carbocycles. The van der Waals surface area contributed by atoms with Crippen LogP contribution in [0.3, 0.4) is 0 Å². The SMILES string of the molecule is O=C(O)[C@@H]1[C@@H](c2ccc(Br)cc2)C[C@@H](OCC2CCOCC2)C[C@H]1C(=O)Nc1ccc(C(F)(F)F)cc1F. The van der Waals surface area contributed by atoms with Crippen molar-refractivity contribution in [2.75, 3.05) is 25.1 Å². The van der Waals surface area contributed by atoms with Gasteiger partial charge in [-0.25, -0.2) is 4.39 Å². The summed E-state index contributed by atoms with van der Waals surface area (Å²) in [6.45, 7) is 1.73. The Morgan fingerprint density at radius 1 is 1.08 bits per heavy atom. The highest BCUT2D eigenvalue weighted by Gasteiger charge is 2.46. The smallest absolute Gasteiger partial charge is 0.416 e. The van der Waals surface area contributed by atoms with Crippen LogP contribution in [0.5, 0.6) is 0 Å². The number of carbonyl (C=O) groups is 2. The van der Waals surface area contributed by atoms with Crippen molar-refractivity contribution < 1.29 is 41.7 Å². The minimum atomic E-state index is -4.74. The van der Waals surface area contributed by atoms with Crippen molar-refractivity contribution in [1.82, 2.24) is 0 Å². The molecule has 11 heteroatoms. The van der Waals surface area contributed by atoms with E-state index < -0.39 is 59.0 Å². The van der Waals surface area contributed by atoms with Gasteiger partial charge in [0.1, 0.15) is 5.82 Å². The lowest BCUT2D eigenvalue weighted by atomic mass is 9.67. The van der Waals surface area contributed by atoms with Gasteiger partial charge in [0.2, 0.25) is 5.91 Å². The molecule has 38 heavy (non-hydrogen) atoms. The van der Waals surface area contributed by atoms with Crippen LogP contribution < -0.4 is 5.32 Å². The number of carboxylic acids is 1. The highest BCUT2D eigenvalue weighted by atomic mass is 79.9. The van der Waals surface area contributed by atoms with E-state index in [1.807, 2.05) is 0 Å². The lowest BCUT2D eigenvalue weighted by molar-refractivity contribution is -0.152. The number of benzene rings is 2. The molecule has 206 valence electrons. The first-order valence-corrected chi connectivity index (χ1v) is 13.2. The Bertz CT molecular complexity index is 1140. The predicted octanol–water partition coefficient (Wildman–Crippen LogP) is 6.25. The van der Waals surface area contributed by atoms with Gasteiger partial charge in [-0.3, -0.25) is 9.59 Å². The zero-order chi connectivity index (χ0) is 27.4. The Hall–Kier alpha value is -2.50. The zero-order valence-corrected chi connectivity index (χ0v) is 21.9. The number of hydrogen-bond acceptors (Lipinski definition) is 4. The van der Waals surface area contributed by atoms with Crippen molar-refractivity contribution in [3.8, 4) is 0 Å². The van der Waals surface area contributed by atoms with E-state index in [9.17, 15) is 32.3 Å². The summed E-state index contributed by atoms with van der Waals surface area (Å²) >= 11 is 3.37. The Balaban J connectivity index is 1.59. The van der Waals surface area contributed by atoms with Crippen molar-refractivity contribution in [1.29, 1.82) is 0 Å². The third-order valence-corrected chi connectivity index (χ3v) is 7.81. The predicted molar refractivity (Wildman–Crippen MR) is 134 cm³/mol. The van der Waals surface area contributed by atoms with Crippen LogP contribution in [0, 0.1) is 23.6 Å². The summed E-state index contributed by atoms with van der Waals surface area (Å²) in [7, 11) is 0. The molecule has 0 aromatic heterocycles. The monoisotopic (exact) mass is 601 g/mol. The van der Waals surface area contributed by atoms with Gasteiger partial charge in [0.05, 0.1) is 29.2 Å². The number of carboxylic acid groups (broad SMARTS) is 1. The number of rotatable bonds is 7. The Labute approximate surface area is 225 Å². The molecular formula is C27H28BrF4NO5. The number of ether oxygens (including phenoxy) is 2. The summed E-state index contributed by atoms with van der Waals surface area (Å²) in [5.74, 6) is -5.74. The summed E-state index contributed by atoms with van der Waals surface area (Å²) in [4.78, 5) is 25.8. The maximum Gasteiger partial charge on any atom is 0.416 e. The summed E-state index contributed by atoms with van der Waals surface area (Å²) in [6, 6.07) is 8.95. The van der Waals surface area contributed by atoms with Crippen molar-refractivity contribution >= 4 is 33.5 Å². The van der Waals surface area contributed by atoms with E-state index in [1.54, 1.807) is 24.3 Å². The molecule has 2 aromatic rings. The molecule has 4 atom stereocenters. The summed E-state index contributed by atoms with van der Waals surface area (Å²) < 4.78 is 65.7. The number of amides is 1. The largest absolute Gasteiger partial charge is 0.481 e. The maximum atomic E-state index is 14.5. The first-order valence-electron chi connectivity index (χ1n) is 12.4. The van der Waals surface area contributed by atoms with Gasteiger partial charge in [-0.1, -0.05) is 28.1 Å². The van der Waals surface area contributed by atoms with Crippen LogP contribution >= 0.6 is 15.9 Å². The molecule has 0 unspecified atom stereocenters. The number of halogens is 5. The van der Waals surface area contributed by atoms with Crippen LogP contribution in [0.1, 0.15) is 42.7 Å². The number of aliphatic carboxylic acids is 1. The van der Waals surface area contributed by atoms with Gasteiger partial charge in [0.25, 0.3) is 0 Å². The fourth-order valence-electron chi connectivity index (χ4n) is 5.24. The molecule has 2 N–H and O–H groups in total. The lowest BCUT2D eigenvalue weighted by Crippen LogP contribution is -2.45. The number of alkyl halides is 3. The van der Waals surface area contributed by atoms with Gasteiger partial charge >= 0.3 is 12.1 Å². The summed E-state index contributed by atoms with van der Waals surface area (Å²) in [5.41, 5.74) is -0.915. The summed E-state index contributed by atoms with van der Waals surface area (Å²) in [6.07, 6.45) is -3.03. The molecule has 1 heterocycles. The molecule has 0 spiro atoms. The quantitative estimate of drug-likeness (QED) is 0.366. The van der Waals surface area contributed by atoms with Crippen molar-refractivity contribution in [3.05, 3.63) is 63.9 Å². The minimum absolute atomic E-state index is 0.0846. The van der Waals surface area contributed by atoms with Crippen LogP contribution in [0.2, 0.25) is 0 Å². The van der Waals surface area contributed by atoms with Gasteiger partial charge in [-0.2, -0.15) is 13.2 Å². The summed E-state index contributed by atoms with van der Waals surface area (Å²) in [5, 5.41) is 12.5. The second-order valence-corrected chi connectivity index (χ2v) is 10.7. The van der Waals surface area contributed by atoms with Gasteiger partial charge in [0.15, 0.2) is 0 Å². The molecule has 2 fully saturated rings. The van der Waals surface area contributed by atoms with Crippen LogP contribution in [0.15, 0.2) is 46.9 Å². The standard InChI is InChI=1S/C27H28BrF4NO5/c28-18-4-1-16(2-5-18)20-12-19(38-14-15-7-9-37-10-8-15)13-21(24(20)26(35)36)25(34)33-23-6-3-17(11-22(23)29)27(30,31)32/h1-6,11,15,19-21,24H,7-10,12-14H2,(H,33,34)(H,35,36)/t19-,20-,21-,24-/m1/s1. The number of anilines is 1. The van der Waals surface area contributed by atoms with Crippen molar-refractivity contribution in [2.45, 2.75) is 43.9 Å². The van der Waals surface area contributed by atoms with E-state index in [-0.39, 0.29) is 6.42 Å². The third kappa shape index (κ3) is 6.92. The van der Waals surface area contributed by atoms with Crippen LogP contribution in [-0.2, 0) is 25.2 Å². The molecule has 1 aliphatic heterocycles. The topological polar surface area (TPSA) is 84.9 Å². The fraction of sp³-hybridized carbons (Fsp3) is 0.481. The molecular weight excluding hydrogens is 574 g/mol. The first-order chi connectivity index (χ1) is 18.0. The molecule has 1 saturated heterocycles. The van der Waals surface area contributed by atoms with Crippen LogP contribution in [0.25, 0.3) is 0 Å². The maximum absolute atomic E-state index is 14.5. The average Bonchev–Trinajstić information content (AvgIpc) is 2.88. The van der Waals surface area contributed by atoms with Gasteiger partial charge in [-0.05, 0) is 67.5 Å². The van der Waals surface area contributed by atoms with E-state index >= 15 is 0 Å². The highest BCUT2D eigenvalue weighted by Crippen LogP contribution is 2.44. The molecule has 6 nitrogen and oxygen atoms in total. The molecule has 4 rings (SSSR count). The van der Waals surface area contributed by atoms with E-state index in [1.165, 1.54) is 0 Å². The Morgan fingerprint density at radius 3 is 2.37 bits per heavy atom. The van der Waals surface area contributed by atoms with E-state index in [0.29, 0.717) is 44.3 Å². The minimum Gasteiger partial charge on any atom is -0.481 e. The Kier molecular flexibility index (Phi) is 9.10. The van der Waals surface area contributed by atoms with Crippen molar-refractivity contribution in [3.63, 3.8) is 0 Å². The second-order valence-electron chi connectivity index (χ2n) is 9.79. The molecule has 0 radical (unpaired) electrons. The zero-order valence-electron chi connectivity index (χ0n) is 20.3. The van der Waals surface area contributed by atoms with Gasteiger partial charge in [0, 0.05) is 30.2 Å². The normalized spacial score (nSPS) is 24.7. The fourth-order valence-corrected chi connectivity index (χ4v) is 5.51. The van der Waals surface area contributed by atoms with E-state index in [4.69, 9.17) is 9.47 Å². The van der Waals surface area contributed by atoms with Gasteiger partial charge < -0.3 is 19.9 Å². The number of hydrogen-bond donors (Lipinski definition) is 2. The van der Waals surface area contributed by atoms with Crippen LogP contribution in [-0.4, -0.2) is 42.9 Å². The Morgan fingerprint density at radius 2 is 1.76 bits per heavy atom. The molecule has 1 amide bonds. The van der Waals surface area contributed by atoms with Crippen molar-refractivity contribution in [2.24, 2.45) is 17.8 Å². The molecule has 2 aliphatic rings. The third-order valence-electron chi connectivity index (χ3n) is 7.28. The van der Waals surface area contributed by atoms with Crippen LogP contribution in [0.4, 0.5) is 23.2 Å². The average molecular weight is 602 g/mol. The highest BCUT2D eigenvalue weighted by molar-refractivity contribution is 9.10. The van der Waals surface area contributed by atoms with E-state index in [2.05, 4.69) is 21.2 Å². The number of carbonyl (C=O) groups excluding carboxylic acids is 1. The first kappa shape index (κ1) is 28.5. The molecule has 2 aromatic carbocycles. The number of nitrogens with one attached hydrogen (secondary N) is 1. The molecule has 0 bridgehead atoms. The molecule has 1 aliphatic carbocycles. The van der Waals surface area contributed by atoms with E-state index in [0.717, 1.165) is 28.9 Å².